The van der Waals surface area contributed by atoms with Gasteiger partial charge in [0.15, 0.2) is 23.1 Å². The molecule has 5 nitrogen and oxygen atoms in total. The summed E-state index contributed by atoms with van der Waals surface area (Å²) < 4.78 is 6.62. The highest BCUT2D eigenvalue weighted by atomic mass is 16.3. The SMILES string of the molecule is c1ccc(-c2nc(-c3ccc(-c4cc5ccccc5c5ccccc45)cc3)nc(-c3ccc(-c4nc5ccccc5c5c4oc4ccccc45)c4ccccc34)n2)cc1. The van der Waals surface area contributed by atoms with E-state index in [-0.39, 0.29) is 0 Å². The van der Waals surface area contributed by atoms with Gasteiger partial charge in [-0.1, -0.05) is 170 Å². The highest BCUT2D eigenvalue weighted by Gasteiger charge is 2.21. The van der Waals surface area contributed by atoms with Crippen molar-refractivity contribution in [3.05, 3.63) is 194 Å². The van der Waals surface area contributed by atoms with Gasteiger partial charge in [0, 0.05) is 38.4 Å². The Morgan fingerprint density at radius 2 is 0.847 bits per heavy atom. The van der Waals surface area contributed by atoms with E-state index in [2.05, 4.69) is 146 Å². The molecule has 0 saturated heterocycles. The predicted octanol–water partition coefficient (Wildman–Crippen LogP) is 14.1. The second-order valence-corrected chi connectivity index (χ2v) is 14.9. The van der Waals surface area contributed by atoms with Gasteiger partial charge in [-0.3, -0.25) is 0 Å². The number of aromatic nitrogens is 4. The molecule has 0 aliphatic carbocycles. The number of hydrogen-bond donors (Lipinski definition) is 0. The molecule has 0 fully saturated rings. The van der Waals surface area contributed by atoms with E-state index in [1.54, 1.807) is 0 Å². The summed E-state index contributed by atoms with van der Waals surface area (Å²) in [6, 6.07) is 67.4. The molecule has 0 bridgehead atoms. The summed E-state index contributed by atoms with van der Waals surface area (Å²) >= 11 is 0. The summed E-state index contributed by atoms with van der Waals surface area (Å²) in [5, 5.41) is 10.2. The topological polar surface area (TPSA) is 64.7 Å². The first-order valence-corrected chi connectivity index (χ1v) is 19.8. The van der Waals surface area contributed by atoms with Crippen LogP contribution in [0.4, 0.5) is 0 Å². The molecule has 12 aromatic rings. The smallest absolute Gasteiger partial charge is 0.164 e. The Kier molecular flexibility index (Phi) is 7.47. The number of para-hydroxylation sites is 2. The summed E-state index contributed by atoms with van der Waals surface area (Å²) in [4.78, 5) is 20.7. The maximum Gasteiger partial charge on any atom is 0.164 e. The van der Waals surface area contributed by atoms with Crippen LogP contribution in [0.1, 0.15) is 0 Å². The first-order valence-electron chi connectivity index (χ1n) is 19.8. The van der Waals surface area contributed by atoms with Crippen LogP contribution < -0.4 is 0 Å². The Bertz CT molecular complexity index is 3610. The standard InChI is InChI=1S/C54H32N4O/c1-2-14-34(15-3-1)52-56-53(35-28-26-33(27-29-35)46-32-36-16-4-5-17-37(36)38-18-6-9-21-41(38)46)58-54(57-52)43-31-30-42(39-19-7-8-20-40(39)43)50-51-49(44-22-10-12-24-47(44)55-50)45-23-11-13-25-48(45)59-51/h1-32H. The highest BCUT2D eigenvalue weighted by molar-refractivity contribution is 6.22. The molecule has 0 saturated carbocycles. The van der Waals surface area contributed by atoms with Gasteiger partial charge in [0.25, 0.3) is 0 Å². The molecule has 0 aliphatic heterocycles. The lowest BCUT2D eigenvalue weighted by Crippen LogP contribution is -2.01. The summed E-state index contributed by atoms with van der Waals surface area (Å²) in [7, 11) is 0. The van der Waals surface area contributed by atoms with E-state index >= 15 is 0 Å². The number of fused-ring (bicyclic) bond motifs is 9. The van der Waals surface area contributed by atoms with Crippen molar-refractivity contribution in [3.63, 3.8) is 0 Å². The van der Waals surface area contributed by atoms with Crippen LogP contribution in [0, 0.1) is 0 Å². The molecule has 0 N–H and O–H groups in total. The summed E-state index contributed by atoms with van der Waals surface area (Å²) in [6.07, 6.45) is 0. The number of benzene rings is 9. The second kappa shape index (κ2) is 13.3. The minimum atomic E-state index is 0.599. The molecule has 0 spiro atoms. The fourth-order valence-corrected chi connectivity index (χ4v) is 8.75. The van der Waals surface area contributed by atoms with Crippen LogP contribution >= 0.6 is 0 Å². The van der Waals surface area contributed by atoms with Crippen LogP contribution in [-0.2, 0) is 0 Å². The summed E-state index contributed by atoms with van der Waals surface area (Å²) in [5.41, 5.74) is 9.39. The van der Waals surface area contributed by atoms with Crippen molar-refractivity contribution in [2.45, 2.75) is 0 Å². The van der Waals surface area contributed by atoms with Crippen LogP contribution in [0.2, 0.25) is 0 Å². The molecule has 5 heteroatoms. The number of pyridine rings is 1. The molecule has 0 radical (unpaired) electrons. The highest BCUT2D eigenvalue weighted by Crippen LogP contribution is 2.43. The van der Waals surface area contributed by atoms with Gasteiger partial charge in [0.2, 0.25) is 0 Å². The zero-order valence-corrected chi connectivity index (χ0v) is 31.7. The molecule has 12 rings (SSSR count). The van der Waals surface area contributed by atoms with Crippen molar-refractivity contribution in [1.82, 2.24) is 19.9 Å². The molecule has 3 aromatic heterocycles. The molecule has 0 amide bonds. The maximum atomic E-state index is 6.62. The predicted molar refractivity (Wildman–Crippen MR) is 242 cm³/mol. The fourth-order valence-electron chi connectivity index (χ4n) is 8.75. The number of furan rings is 1. The zero-order chi connectivity index (χ0) is 38.9. The van der Waals surface area contributed by atoms with E-state index in [1.165, 1.54) is 27.1 Å². The molecular formula is C54H32N4O. The molecule has 274 valence electrons. The monoisotopic (exact) mass is 752 g/mol. The average molecular weight is 753 g/mol. The quantitative estimate of drug-likeness (QED) is 0.164. The third-order valence-electron chi connectivity index (χ3n) is 11.5. The first kappa shape index (κ1) is 33.2. The molecular weight excluding hydrogens is 721 g/mol. The lowest BCUT2D eigenvalue weighted by Gasteiger charge is -2.14. The third kappa shape index (κ3) is 5.40. The Morgan fingerprint density at radius 3 is 1.61 bits per heavy atom. The Hall–Kier alpha value is -8.02. The van der Waals surface area contributed by atoms with Crippen LogP contribution in [-0.4, -0.2) is 19.9 Å². The van der Waals surface area contributed by atoms with Crippen molar-refractivity contribution in [2.24, 2.45) is 0 Å². The minimum Gasteiger partial charge on any atom is -0.454 e. The third-order valence-corrected chi connectivity index (χ3v) is 11.5. The Labute approximate surface area is 338 Å². The van der Waals surface area contributed by atoms with E-state index in [4.69, 9.17) is 24.4 Å². The lowest BCUT2D eigenvalue weighted by molar-refractivity contribution is 0.669. The molecule has 0 atom stereocenters. The van der Waals surface area contributed by atoms with E-state index in [0.717, 1.165) is 77.1 Å². The minimum absolute atomic E-state index is 0.599. The lowest BCUT2D eigenvalue weighted by atomic mass is 9.93. The van der Waals surface area contributed by atoms with Crippen molar-refractivity contribution in [3.8, 4) is 56.5 Å². The largest absolute Gasteiger partial charge is 0.454 e. The van der Waals surface area contributed by atoms with Gasteiger partial charge in [-0.25, -0.2) is 19.9 Å². The van der Waals surface area contributed by atoms with Crippen molar-refractivity contribution in [2.75, 3.05) is 0 Å². The number of nitrogens with zero attached hydrogens (tertiary/aromatic N) is 4. The van der Waals surface area contributed by atoms with Gasteiger partial charge in [0.05, 0.1) is 5.52 Å². The molecule has 3 heterocycles. The van der Waals surface area contributed by atoms with Crippen LogP contribution in [0.5, 0.6) is 0 Å². The Balaban J connectivity index is 1.03. The molecule has 59 heavy (non-hydrogen) atoms. The van der Waals surface area contributed by atoms with Gasteiger partial charge in [-0.2, -0.15) is 0 Å². The fraction of sp³-hybridized carbons (Fsp3) is 0. The van der Waals surface area contributed by atoms with Crippen molar-refractivity contribution < 1.29 is 4.42 Å². The average Bonchev–Trinajstić information content (AvgIpc) is 3.71. The van der Waals surface area contributed by atoms with Crippen LogP contribution in [0.3, 0.4) is 0 Å². The molecule has 0 unspecified atom stereocenters. The summed E-state index contributed by atoms with van der Waals surface area (Å²) in [6.45, 7) is 0. The van der Waals surface area contributed by atoms with Crippen LogP contribution in [0.25, 0.3) is 122 Å². The van der Waals surface area contributed by atoms with E-state index in [9.17, 15) is 0 Å². The first-order chi connectivity index (χ1) is 29.2. The van der Waals surface area contributed by atoms with Gasteiger partial charge >= 0.3 is 0 Å². The van der Waals surface area contributed by atoms with Gasteiger partial charge < -0.3 is 4.42 Å². The Morgan fingerprint density at radius 1 is 0.322 bits per heavy atom. The number of rotatable bonds is 5. The normalized spacial score (nSPS) is 11.7. The summed E-state index contributed by atoms with van der Waals surface area (Å²) in [5.74, 6) is 1.82. The van der Waals surface area contributed by atoms with Crippen molar-refractivity contribution in [1.29, 1.82) is 0 Å². The van der Waals surface area contributed by atoms with Gasteiger partial charge in [-0.15, -0.1) is 0 Å². The van der Waals surface area contributed by atoms with E-state index < -0.39 is 0 Å². The zero-order valence-electron chi connectivity index (χ0n) is 31.7. The second-order valence-electron chi connectivity index (χ2n) is 14.9. The molecule has 0 aliphatic rings. The van der Waals surface area contributed by atoms with E-state index in [0.29, 0.717) is 17.5 Å². The van der Waals surface area contributed by atoms with Crippen LogP contribution in [0.15, 0.2) is 199 Å². The van der Waals surface area contributed by atoms with E-state index in [1.807, 2.05) is 48.5 Å². The van der Waals surface area contributed by atoms with Gasteiger partial charge in [0.1, 0.15) is 11.3 Å². The molecule has 9 aromatic carbocycles. The van der Waals surface area contributed by atoms with Crippen molar-refractivity contribution >= 4 is 65.2 Å². The maximum absolute atomic E-state index is 6.62. The number of hydrogen-bond acceptors (Lipinski definition) is 5. The van der Waals surface area contributed by atoms with Gasteiger partial charge in [-0.05, 0) is 67.7 Å².